The lowest BCUT2D eigenvalue weighted by atomic mass is 10.1. The average Bonchev–Trinajstić information content (AvgIpc) is 2.30. The lowest BCUT2D eigenvalue weighted by molar-refractivity contribution is 0.112. The second-order valence-electron chi connectivity index (χ2n) is 3.57. The molecule has 0 radical (unpaired) electrons. The molecular formula is C12H10ClN3O. The van der Waals surface area contributed by atoms with Crippen molar-refractivity contribution in [1.29, 1.82) is 0 Å². The van der Waals surface area contributed by atoms with E-state index in [0.29, 0.717) is 29.8 Å². The van der Waals surface area contributed by atoms with Gasteiger partial charge >= 0.3 is 0 Å². The van der Waals surface area contributed by atoms with Gasteiger partial charge in [-0.3, -0.25) is 9.78 Å². The summed E-state index contributed by atoms with van der Waals surface area (Å²) < 4.78 is 0. The van der Waals surface area contributed by atoms with Crippen molar-refractivity contribution in [3.63, 3.8) is 0 Å². The molecule has 0 aliphatic carbocycles. The van der Waals surface area contributed by atoms with E-state index in [0.717, 1.165) is 5.56 Å². The molecule has 0 aromatic carbocycles. The molecule has 2 aromatic rings. The van der Waals surface area contributed by atoms with Crippen LogP contribution in [0.25, 0.3) is 0 Å². The van der Waals surface area contributed by atoms with Crippen molar-refractivity contribution in [3.05, 3.63) is 52.3 Å². The van der Waals surface area contributed by atoms with Crippen molar-refractivity contribution in [3.8, 4) is 0 Å². The molecule has 0 aliphatic heterocycles. The van der Waals surface area contributed by atoms with Crippen LogP contribution in [0.1, 0.15) is 27.4 Å². The number of nitrogens with zero attached hydrogens (tertiary/aromatic N) is 3. The molecule has 0 amide bonds. The molecule has 0 N–H and O–H groups in total. The van der Waals surface area contributed by atoms with Crippen LogP contribution in [0.4, 0.5) is 0 Å². The van der Waals surface area contributed by atoms with Crippen molar-refractivity contribution < 1.29 is 4.79 Å². The molecule has 2 rings (SSSR count). The number of carbonyl (C=O) groups excluding carboxylic acids is 1. The number of aldehydes is 1. The molecule has 0 saturated heterocycles. The first-order chi connectivity index (χ1) is 8.20. The van der Waals surface area contributed by atoms with Crippen LogP contribution in [0.15, 0.2) is 24.5 Å². The minimum Gasteiger partial charge on any atom is -0.298 e. The highest BCUT2D eigenvalue weighted by Gasteiger charge is 2.11. The number of pyridine rings is 1. The van der Waals surface area contributed by atoms with Crippen LogP contribution < -0.4 is 0 Å². The van der Waals surface area contributed by atoms with Gasteiger partial charge in [-0.05, 0) is 24.6 Å². The van der Waals surface area contributed by atoms with Crippen molar-refractivity contribution in [2.75, 3.05) is 0 Å². The van der Waals surface area contributed by atoms with E-state index in [1.54, 1.807) is 19.3 Å². The second-order valence-corrected chi connectivity index (χ2v) is 3.93. The normalized spacial score (nSPS) is 10.2. The highest BCUT2D eigenvalue weighted by molar-refractivity contribution is 6.31. The molecule has 17 heavy (non-hydrogen) atoms. The third kappa shape index (κ3) is 2.65. The highest BCUT2D eigenvalue weighted by atomic mass is 35.5. The van der Waals surface area contributed by atoms with Gasteiger partial charge in [-0.25, -0.2) is 9.97 Å². The van der Waals surface area contributed by atoms with E-state index in [9.17, 15) is 4.79 Å². The van der Waals surface area contributed by atoms with Gasteiger partial charge in [0.05, 0.1) is 11.3 Å². The molecule has 5 heteroatoms. The average molecular weight is 248 g/mol. The maximum Gasteiger partial charge on any atom is 0.155 e. The van der Waals surface area contributed by atoms with Crippen molar-refractivity contribution in [1.82, 2.24) is 15.0 Å². The number of carbonyl (C=O) groups is 1. The van der Waals surface area contributed by atoms with Crippen LogP contribution in [0.3, 0.4) is 0 Å². The maximum absolute atomic E-state index is 11.0. The topological polar surface area (TPSA) is 55.7 Å². The fourth-order valence-electron chi connectivity index (χ4n) is 1.55. The van der Waals surface area contributed by atoms with Crippen molar-refractivity contribution in [2.45, 2.75) is 13.3 Å². The van der Waals surface area contributed by atoms with Gasteiger partial charge in [-0.2, -0.15) is 0 Å². The second kappa shape index (κ2) is 5.01. The zero-order chi connectivity index (χ0) is 12.3. The van der Waals surface area contributed by atoms with E-state index in [2.05, 4.69) is 15.0 Å². The first-order valence-electron chi connectivity index (χ1n) is 5.08. The zero-order valence-corrected chi connectivity index (χ0v) is 9.98. The largest absolute Gasteiger partial charge is 0.298 e. The summed E-state index contributed by atoms with van der Waals surface area (Å²) in [6, 6.07) is 3.75. The Bertz CT molecular complexity index is 543. The van der Waals surface area contributed by atoms with Gasteiger partial charge in [0.15, 0.2) is 6.29 Å². The lowest BCUT2D eigenvalue weighted by Crippen LogP contribution is -2.04. The Hall–Kier alpha value is -1.81. The standard InChI is InChI=1S/C12H10ClN3O/c1-8-15-11(10(7-17)12(13)16-8)6-9-2-4-14-5-3-9/h2-5,7H,6H2,1H3. The van der Waals surface area contributed by atoms with Crippen LogP contribution in [0.5, 0.6) is 0 Å². The summed E-state index contributed by atoms with van der Waals surface area (Å²) in [7, 11) is 0. The summed E-state index contributed by atoms with van der Waals surface area (Å²) in [5, 5.41) is 0.205. The third-order valence-electron chi connectivity index (χ3n) is 2.33. The molecule has 0 aliphatic rings. The monoisotopic (exact) mass is 247 g/mol. The van der Waals surface area contributed by atoms with E-state index in [4.69, 9.17) is 11.6 Å². The van der Waals surface area contributed by atoms with Gasteiger partial charge < -0.3 is 0 Å². The SMILES string of the molecule is Cc1nc(Cl)c(C=O)c(Cc2ccncc2)n1. The Balaban J connectivity index is 2.41. The van der Waals surface area contributed by atoms with Crippen LogP contribution in [0, 0.1) is 6.92 Å². The molecule has 86 valence electrons. The summed E-state index contributed by atoms with van der Waals surface area (Å²) in [4.78, 5) is 23.1. The Kier molecular flexibility index (Phi) is 3.44. The molecule has 0 spiro atoms. The van der Waals surface area contributed by atoms with Crippen molar-refractivity contribution in [2.24, 2.45) is 0 Å². The van der Waals surface area contributed by atoms with Gasteiger partial charge in [-0.1, -0.05) is 11.6 Å². The zero-order valence-electron chi connectivity index (χ0n) is 9.22. The Labute approximate surface area is 104 Å². The first kappa shape index (κ1) is 11.7. The summed E-state index contributed by atoms with van der Waals surface area (Å²) in [6.45, 7) is 1.75. The minimum atomic E-state index is 0.205. The summed E-state index contributed by atoms with van der Waals surface area (Å²) in [5.74, 6) is 0.560. The number of aryl methyl sites for hydroxylation is 1. The van der Waals surface area contributed by atoms with E-state index in [1.165, 1.54) is 0 Å². The van der Waals surface area contributed by atoms with E-state index >= 15 is 0 Å². The molecule has 0 fully saturated rings. The minimum absolute atomic E-state index is 0.205. The molecule has 0 unspecified atom stereocenters. The van der Waals surface area contributed by atoms with E-state index < -0.39 is 0 Å². The fraction of sp³-hybridized carbons (Fsp3) is 0.167. The van der Waals surface area contributed by atoms with Gasteiger partial charge in [-0.15, -0.1) is 0 Å². The number of halogens is 1. The van der Waals surface area contributed by atoms with Gasteiger partial charge in [0, 0.05) is 18.8 Å². The quantitative estimate of drug-likeness (QED) is 0.617. The highest BCUT2D eigenvalue weighted by Crippen LogP contribution is 2.17. The summed E-state index contributed by atoms with van der Waals surface area (Å²) >= 11 is 5.91. The maximum atomic E-state index is 11.0. The molecular weight excluding hydrogens is 238 g/mol. The smallest absolute Gasteiger partial charge is 0.155 e. The number of aromatic nitrogens is 3. The molecule has 0 saturated carbocycles. The molecule has 2 aromatic heterocycles. The lowest BCUT2D eigenvalue weighted by Gasteiger charge is -2.06. The van der Waals surface area contributed by atoms with Gasteiger partial charge in [0.25, 0.3) is 0 Å². The molecule has 0 atom stereocenters. The van der Waals surface area contributed by atoms with Crippen molar-refractivity contribution >= 4 is 17.9 Å². The predicted octanol–water partition coefficient (Wildman–Crippen LogP) is 2.24. The number of hydrogen-bond donors (Lipinski definition) is 0. The third-order valence-corrected chi connectivity index (χ3v) is 2.62. The predicted molar refractivity (Wildman–Crippen MR) is 64.2 cm³/mol. The van der Waals surface area contributed by atoms with Crippen LogP contribution in [-0.2, 0) is 6.42 Å². The Morgan fingerprint density at radius 2 is 2.00 bits per heavy atom. The van der Waals surface area contributed by atoms with Gasteiger partial charge in [0.1, 0.15) is 11.0 Å². The number of rotatable bonds is 3. The summed E-state index contributed by atoms with van der Waals surface area (Å²) in [6.07, 6.45) is 4.63. The van der Waals surface area contributed by atoms with Gasteiger partial charge in [0.2, 0.25) is 0 Å². The summed E-state index contributed by atoms with van der Waals surface area (Å²) in [5.41, 5.74) is 2.02. The first-order valence-corrected chi connectivity index (χ1v) is 5.45. The molecule has 0 bridgehead atoms. The number of hydrogen-bond acceptors (Lipinski definition) is 4. The Morgan fingerprint density at radius 1 is 1.29 bits per heavy atom. The fourth-order valence-corrected chi connectivity index (χ4v) is 1.82. The van der Waals surface area contributed by atoms with E-state index in [1.807, 2.05) is 12.1 Å². The molecule has 4 nitrogen and oxygen atoms in total. The van der Waals surface area contributed by atoms with E-state index in [-0.39, 0.29) is 5.15 Å². The Morgan fingerprint density at radius 3 is 2.65 bits per heavy atom. The molecule has 2 heterocycles. The van der Waals surface area contributed by atoms with Crippen LogP contribution >= 0.6 is 11.6 Å². The van der Waals surface area contributed by atoms with Crippen LogP contribution in [0.2, 0.25) is 5.15 Å². The van der Waals surface area contributed by atoms with Crippen LogP contribution in [-0.4, -0.2) is 21.2 Å².